The van der Waals surface area contributed by atoms with E-state index in [1.807, 2.05) is 12.1 Å². The zero-order chi connectivity index (χ0) is 14.1. The first-order chi connectivity index (χ1) is 9.19. The Morgan fingerprint density at radius 3 is 2.68 bits per heavy atom. The van der Waals surface area contributed by atoms with Gasteiger partial charge in [0, 0.05) is 13.7 Å². The molecular weight excluding hydrogens is 241 g/mol. The third-order valence-corrected chi connectivity index (χ3v) is 3.51. The van der Waals surface area contributed by atoms with Crippen LogP contribution in [0, 0.1) is 17.7 Å². The highest BCUT2D eigenvalue weighted by Crippen LogP contribution is 2.19. The molecule has 2 unspecified atom stereocenters. The van der Waals surface area contributed by atoms with Crippen molar-refractivity contribution in [1.82, 2.24) is 5.32 Å². The van der Waals surface area contributed by atoms with Crippen LogP contribution in [0.1, 0.15) is 25.8 Å². The van der Waals surface area contributed by atoms with Gasteiger partial charge in [-0.25, -0.2) is 4.39 Å². The Balaban J connectivity index is 2.64. The van der Waals surface area contributed by atoms with Crippen LogP contribution in [-0.2, 0) is 11.2 Å². The van der Waals surface area contributed by atoms with Crippen LogP contribution < -0.4 is 5.32 Å². The third kappa shape index (κ3) is 5.70. The lowest BCUT2D eigenvalue weighted by Gasteiger charge is -2.24. The molecule has 0 aliphatic carbocycles. The fourth-order valence-electron chi connectivity index (χ4n) is 2.28. The highest BCUT2D eigenvalue weighted by atomic mass is 19.1. The summed E-state index contributed by atoms with van der Waals surface area (Å²) in [6.45, 7) is 6.95. The van der Waals surface area contributed by atoms with E-state index in [2.05, 4.69) is 19.2 Å². The van der Waals surface area contributed by atoms with Crippen LogP contribution in [-0.4, -0.2) is 26.8 Å². The molecule has 0 heterocycles. The molecule has 0 fully saturated rings. The third-order valence-electron chi connectivity index (χ3n) is 3.51. The number of methoxy groups -OCH3 is 1. The van der Waals surface area contributed by atoms with Gasteiger partial charge >= 0.3 is 0 Å². The summed E-state index contributed by atoms with van der Waals surface area (Å²) in [5, 5.41) is 3.44. The number of benzene rings is 1. The van der Waals surface area contributed by atoms with Crippen molar-refractivity contribution in [2.75, 3.05) is 26.8 Å². The van der Waals surface area contributed by atoms with E-state index in [4.69, 9.17) is 4.74 Å². The first kappa shape index (κ1) is 16.1. The fourth-order valence-corrected chi connectivity index (χ4v) is 2.28. The first-order valence-corrected chi connectivity index (χ1v) is 7.12. The molecule has 2 atom stereocenters. The van der Waals surface area contributed by atoms with Crippen molar-refractivity contribution in [3.05, 3.63) is 35.6 Å². The second-order valence-corrected chi connectivity index (χ2v) is 5.19. The molecule has 0 aliphatic heterocycles. The van der Waals surface area contributed by atoms with Crippen LogP contribution in [0.4, 0.5) is 4.39 Å². The van der Waals surface area contributed by atoms with Crippen LogP contribution in [0.3, 0.4) is 0 Å². The molecule has 1 aromatic carbocycles. The molecule has 1 aromatic rings. The van der Waals surface area contributed by atoms with Gasteiger partial charge in [-0.05, 0) is 49.4 Å². The quantitative estimate of drug-likeness (QED) is 0.693. The van der Waals surface area contributed by atoms with Crippen LogP contribution >= 0.6 is 0 Å². The second-order valence-electron chi connectivity index (χ2n) is 5.19. The minimum atomic E-state index is -0.104. The molecule has 1 rings (SSSR count). The molecule has 0 bridgehead atoms. The smallest absolute Gasteiger partial charge is 0.126 e. The lowest BCUT2D eigenvalue weighted by atomic mass is 9.88. The molecule has 0 amide bonds. The Kier molecular flexibility index (Phi) is 7.68. The van der Waals surface area contributed by atoms with Gasteiger partial charge in [-0.15, -0.1) is 0 Å². The van der Waals surface area contributed by atoms with Gasteiger partial charge in [-0.1, -0.05) is 32.0 Å². The van der Waals surface area contributed by atoms with Crippen molar-refractivity contribution in [2.45, 2.75) is 26.7 Å². The fraction of sp³-hybridized carbons (Fsp3) is 0.625. The van der Waals surface area contributed by atoms with Crippen molar-refractivity contribution in [1.29, 1.82) is 0 Å². The van der Waals surface area contributed by atoms with Gasteiger partial charge in [0.2, 0.25) is 0 Å². The zero-order valence-corrected chi connectivity index (χ0v) is 12.3. The number of halogens is 1. The van der Waals surface area contributed by atoms with E-state index < -0.39 is 0 Å². The van der Waals surface area contributed by atoms with Crippen molar-refractivity contribution in [3.63, 3.8) is 0 Å². The molecular formula is C16H26FNO. The maximum Gasteiger partial charge on any atom is 0.126 e. The van der Waals surface area contributed by atoms with E-state index in [9.17, 15) is 4.39 Å². The minimum Gasteiger partial charge on any atom is -0.384 e. The molecule has 0 saturated heterocycles. The van der Waals surface area contributed by atoms with E-state index in [1.165, 1.54) is 6.07 Å². The lowest BCUT2D eigenvalue weighted by molar-refractivity contribution is 0.128. The second kappa shape index (κ2) is 9.05. The number of ether oxygens (including phenoxy) is 1. The summed E-state index contributed by atoms with van der Waals surface area (Å²) in [6.07, 6.45) is 1.87. The molecule has 0 aliphatic rings. The molecule has 2 nitrogen and oxygen atoms in total. The Morgan fingerprint density at radius 1 is 1.32 bits per heavy atom. The Labute approximate surface area is 116 Å². The normalized spacial score (nSPS) is 14.3. The van der Waals surface area contributed by atoms with E-state index in [0.29, 0.717) is 18.4 Å². The molecule has 0 saturated carbocycles. The maximum atomic E-state index is 13.7. The Morgan fingerprint density at radius 2 is 2.05 bits per heavy atom. The van der Waals surface area contributed by atoms with Gasteiger partial charge in [0.25, 0.3) is 0 Å². The maximum absolute atomic E-state index is 13.7. The topological polar surface area (TPSA) is 21.3 Å². The molecule has 0 radical (unpaired) electrons. The van der Waals surface area contributed by atoms with E-state index in [0.717, 1.165) is 31.5 Å². The summed E-state index contributed by atoms with van der Waals surface area (Å²) < 4.78 is 19.0. The van der Waals surface area contributed by atoms with Crippen LogP contribution in [0.2, 0.25) is 0 Å². The van der Waals surface area contributed by atoms with Crippen LogP contribution in [0.15, 0.2) is 24.3 Å². The first-order valence-electron chi connectivity index (χ1n) is 7.12. The van der Waals surface area contributed by atoms with Gasteiger partial charge < -0.3 is 10.1 Å². The monoisotopic (exact) mass is 267 g/mol. The predicted molar refractivity (Wildman–Crippen MR) is 77.8 cm³/mol. The van der Waals surface area contributed by atoms with E-state index in [-0.39, 0.29) is 5.82 Å². The summed E-state index contributed by atoms with van der Waals surface area (Å²) in [6, 6.07) is 7.05. The number of rotatable bonds is 9. The van der Waals surface area contributed by atoms with Gasteiger partial charge in [0.15, 0.2) is 0 Å². The van der Waals surface area contributed by atoms with E-state index in [1.54, 1.807) is 13.2 Å². The molecule has 1 N–H and O–H groups in total. The largest absolute Gasteiger partial charge is 0.384 e. The standard InChI is InChI=1S/C16H26FNO/c1-4-9-18-11-15(13(2)12-19-3)10-14-7-5-6-8-16(14)17/h5-8,13,15,18H,4,9-12H2,1-3H3. The predicted octanol–water partition coefficient (Wildman–Crippen LogP) is 3.27. The average Bonchev–Trinajstić information content (AvgIpc) is 2.40. The summed E-state index contributed by atoms with van der Waals surface area (Å²) >= 11 is 0. The number of hydrogen-bond acceptors (Lipinski definition) is 2. The molecule has 0 aromatic heterocycles. The average molecular weight is 267 g/mol. The SMILES string of the molecule is CCCNCC(Cc1ccccc1F)C(C)COC. The Hall–Kier alpha value is -0.930. The van der Waals surface area contributed by atoms with Gasteiger partial charge in [-0.3, -0.25) is 0 Å². The van der Waals surface area contributed by atoms with Crippen molar-refractivity contribution < 1.29 is 9.13 Å². The molecule has 3 heteroatoms. The number of hydrogen-bond donors (Lipinski definition) is 1. The molecule has 0 spiro atoms. The molecule has 19 heavy (non-hydrogen) atoms. The summed E-state index contributed by atoms with van der Waals surface area (Å²) in [5.41, 5.74) is 0.800. The highest BCUT2D eigenvalue weighted by molar-refractivity contribution is 5.18. The zero-order valence-electron chi connectivity index (χ0n) is 12.3. The lowest BCUT2D eigenvalue weighted by Crippen LogP contribution is -2.31. The van der Waals surface area contributed by atoms with Crippen molar-refractivity contribution in [3.8, 4) is 0 Å². The minimum absolute atomic E-state index is 0.104. The van der Waals surface area contributed by atoms with Crippen molar-refractivity contribution >= 4 is 0 Å². The number of nitrogens with one attached hydrogen (secondary N) is 1. The summed E-state index contributed by atoms with van der Waals surface area (Å²) in [7, 11) is 1.72. The van der Waals surface area contributed by atoms with Crippen molar-refractivity contribution in [2.24, 2.45) is 11.8 Å². The van der Waals surface area contributed by atoms with Crippen LogP contribution in [0.5, 0.6) is 0 Å². The van der Waals surface area contributed by atoms with Gasteiger partial charge in [-0.2, -0.15) is 0 Å². The summed E-state index contributed by atoms with van der Waals surface area (Å²) in [5.74, 6) is 0.699. The van der Waals surface area contributed by atoms with Gasteiger partial charge in [0.1, 0.15) is 5.82 Å². The van der Waals surface area contributed by atoms with E-state index >= 15 is 0 Å². The van der Waals surface area contributed by atoms with Gasteiger partial charge in [0.05, 0.1) is 0 Å². The summed E-state index contributed by atoms with van der Waals surface area (Å²) in [4.78, 5) is 0. The Bertz CT molecular complexity index is 356. The molecule has 108 valence electrons. The highest BCUT2D eigenvalue weighted by Gasteiger charge is 2.18. The van der Waals surface area contributed by atoms with Crippen LogP contribution in [0.25, 0.3) is 0 Å².